The number of nitrogen functional groups attached to an aromatic ring is 1. The molecule has 4 nitrogen and oxygen atoms in total. The summed E-state index contributed by atoms with van der Waals surface area (Å²) in [5, 5.41) is 0. The summed E-state index contributed by atoms with van der Waals surface area (Å²) >= 11 is 0. The molecule has 1 aromatic rings. The summed E-state index contributed by atoms with van der Waals surface area (Å²) in [7, 11) is 0. The van der Waals surface area contributed by atoms with Gasteiger partial charge in [-0.15, -0.1) is 0 Å². The molecule has 1 saturated heterocycles. The highest BCUT2D eigenvalue weighted by atomic mass is 15.2. The van der Waals surface area contributed by atoms with Gasteiger partial charge in [0.1, 0.15) is 11.6 Å². The number of hydrogen-bond acceptors (Lipinski definition) is 4. The van der Waals surface area contributed by atoms with Gasteiger partial charge in [0.25, 0.3) is 0 Å². The van der Waals surface area contributed by atoms with Crippen molar-refractivity contribution in [3.63, 3.8) is 0 Å². The highest BCUT2D eigenvalue weighted by molar-refractivity contribution is 5.29. The first kappa shape index (κ1) is 13.3. The Bertz CT molecular complexity index is 398. The highest BCUT2D eigenvalue weighted by Gasteiger charge is 2.29. The van der Waals surface area contributed by atoms with Crippen LogP contribution >= 0.6 is 0 Å². The van der Waals surface area contributed by atoms with E-state index in [-0.39, 0.29) is 0 Å². The van der Waals surface area contributed by atoms with E-state index in [9.17, 15) is 0 Å². The number of anilines is 1. The third-order valence-corrected chi connectivity index (χ3v) is 3.98. The van der Waals surface area contributed by atoms with E-state index >= 15 is 0 Å². The Morgan fingerprint density at radius 3 is 2.72 bits per heavy atom. The lowest BCUT2D eigenvalue weighted by Crippen LogP contribution is -2.45. The lowest BCUT2D eigenvalue weighted by molar-refractivity contribution is 0.0706. The van der Waals surface area contributed by atoms with Crippen LogP contribution in [0.1, 0.15) is 38.7 Å². The standard InChI is InChI=1S/C14H24N4/c1-9-5-10(2)12(4)18(7-9)8-14-16-11(3)6-13(15)17-14/h6,9-10,12H,5,7-8H2,1-4H3,(H2,15,16,17). The fourth-order valence-electron chi connectivity index (χ4n) is 2.95. The summed E-state index contributed by atoms with van der Waals surface area (Å²) in [6, 6.07) is 2.40. The van der Waals surface area contributed by atoms with E-state index in [1.165, 1.54) is 6.42 Å². The van der Waals surface area contributed by atoms with Gasteiger partial charge in [-0.25, -0.2) is 9.97 Å². The second kappa shape index (κ2) is 5.22. The molecule has 1 aromatic heterocycles. The summed E-state index contributed by atoms with van der Waals surface area (Å²) < 4.78 is 0. The maximum atomic E-state index is 5.78. The minimum absolute atomic E-state index is 0.572. The monoisotopic (exact) mass is 248 g/mol. The van der Waals surface area contributed by atoms with Crippen LogP contribution in [0.5, 0.6) is 0 Å². The van der Waals surface area contributed by atoms with Crippen molar-refractivity contribution in [1.82, 2.24) is 14.9 Å². The summed E-state index contributed by atoms with van der Waals surface area (Å²) in [6.07, 6.45) is 1.31. The van der Waals surface area contributed by atoms with Crippen molar-refractivity contribution in [2.24, 2.45) is 11.8 Å². The Balaban J connectivity index is 2.12. The van der Waals surface area contributed by atoms with Gasteiger partial charge >= 0.3 is 0 Å². The molecule has 0 radical (unpaired) electrons. The number of rotatable bonds is 2. The molecule has 18 heavy (non-hydrogen) atoms. The molecule has 0 amide bonds. The van der Waals surface area contributed by atoms with Crippen molar-refractivity contribution < 1.29 is 0 Å². The van der Waals surface area contributed by atoms with Crippen LogP contribution in [0.3, 0.4) is 0 Å². The molecule has 1 aliphatic heterocycles. The molecule has 0 bridgehead atoms. The third-order valence-electron chi connectivity index (χ3n) is 3.98. The predicted molar refractivity (Wildman–Crippen MR) is 74.0 cm³/mol. The zero-order valence-electron chi connectivity index (χ0n) is 11.8. The number of nitrogens with two attached hydrogens (primary N) is 1. The van der Waals surface area contributed by atoms with Crippen LogP contribution in [0, 0.1) is 18.8 Å². The molecule has 1 aliphatic rings. The van der Waals surface area contributed by atoms with Gasteiger partial charge in [-0.3, -0.25) is 4.90 Å². The first-order valence-electron chi connectivity index (χ1n) is 6.79. The molecule has 0 spiro atoms. The van der Waals surface area contributed by atoms with Crippen LogP contribution in [0.25, 0.3) is 0 Å². The van der Waals surface area contributed by atoms with Gasteiger partial charge in [0.15, 0.2) is 0 Å². The van der Waals surface area contributed by atoms with E-state index in [4.69, 9.17) is 5.73 Å². The average molecular weight is 248 g/mol. The third kappa shape index (κ3) is 2.99. The molecule has 3 atom stereocenters. The normalized spacial score (nSPS) is 29.4. The van der Waals surface area contributed by atoms with Crippen molar-refractivity contribution in [2.75, 3.05) is 12.3 Å². The van der Waals surface area contributed by atoms with E-state index in [1.807, 2.05) is 13.0 Å². The molecular formula is C14H24N4. The molecule has 2 heterocycles. The molecule has 0 aromatic carbocycles. The number of aryl methyl sites for hydroxylation is 1. The highest BCUT2D eigenvalue weighted by Crippen LogP contribution is 2.27. The fraction of sp³-hybridized carbons (Fsp3) is 0.714. The van der Waals surface area contributed by atoms with E-state index in [0.29, 0.717) is 11.9 Å². The van der Waals surface area contributed by atoms with Crippen LogP contribution < -0.4 is 5.73 Å². The minimum atomic E-state index is 0.572. The lowest BCUT2D eigenvalue weighted by atomic mass is 9.86. The predicted octanol–water partition coefficient (Wildman–Crippen LogP) is 2.23. The summed E-state index contributed by atoms with van der Waals surface area (Å²) in [6.45, 7) is 10.9. The first-order chi connectivity index (χ1) is 8.45. The molecule has 100 valence electrons. The lowest BCUT2D eigenvalue weighted by Gasteiger charge is -2.40. The zero-order chi connectivity index (χ0) is 13.3. The van der Waals surface area contributed by atoms with Crippen LogP contribution in [0.2, 0.25) is 0 Å². The maximum absolute atomic E-state index is 5.78. The van der Waals surface area contributed by atoms with Crippen molar-refractivity contribution >= 4 is 5.82 Å². The molecule has 0 aliphatic carbocycles. The molecular weight excluding hydrogens is 224 g/mol. The average Bonchev–Trinajstić information content (AvgIpc) is 2.23. The Morgan fingerprint density at radius 1 is 1.33 bits per heavy atom. The molecule has 4 heteroatoms. The smallest absolute Gasteiger partial charge is 0.144 e. The van der Waals surface area contributed by atoms with Gasteiger partial charge in [-0.2, -0.15) is 0 Å². The quantitative estimate of drug-likeness (QED) is 0.872. The summed E-state index contributed by atoms with van der Waals surface area (Å²) in [5.41, 5.74) is 6.73. The van der Waals surface area contributed by atoms with Crippen LogP contribution in [0.4, 0.5) is 5.82 Å². The molecule has 1 fully saturated rings. The molecule has 2 rings (SSSR count). The van der Waals surface area contributed by atoms with Crippen molar-refractivity contribution in [3.8, 4) is 0 Å². The van der Waals surface area contributed by atoms with Crippen molar-refractivity contribution in [3.05, 3.63) is 17.6 Å². The van der Waals surface area contributed by atoms with Gasteiger partial charge in [0.05, 0.1) is 6.54 Å². The maximum Gasteiger partial charge on any atom is 0.144 e. The number of nitrogens with zero attached hydrogens (tertiary/aromatic N) is 3. The summed E-state index contributed by atoms with van der Waals surface area (Å²) in [4.78, 5) is 11.3. The Kier molecular flexibility index (Phi) is 3.85. The van der Waals surface area contributed by atoms with Crippen LogP contribution in [-0.4, -0.2) is 27.5 Å². The minimum Gasteiger partial charge on any atom is -0.384 e. The first-order valence-corrected chi connectivity index (χ1v) is 6.79. The van der Waals surface area contributed by atoms with Gasteiger partial charge in [0, 0.05) is 24.3 Å². The van der Waals surface area contributed by atoms with Gasteiger partial charge < -0.3 is 5.73 Å². The van der Waals surface area contributed by atoms with E-state index in [1.54, 1.807) is 0 Å². The molecule has 3 unspecified atom stereocenters. The van der Waals surface area contributed by atoms with Crippen LogP contribution in [0.15, 0.2) is 6.07 Å². The van der Waals surface area contributed by atoms with Crippen LogP contribution in [-0.2, 0) is 6.54 Å². The number of aromatic nitrogens is 2. The Labute approximate surface area is 110 Å². The van der Waals surface area contributed by atoms with Gasteiger partial charge in [-0.05, 0) is 32.1 Å². The number of hydrogen-bond donors (Lipinski definition) is 1. The van der Waals surface area contributed by atoms with E-state index in [2.05, 4.69) is 35.6 Å². The second-order valence-corrected chi connectivity index (χ2v) is 5.84. The number of likely N-dealkylation sites (tertiary alicyclic amines) is 1. The topological polar surface area (TPSA) is 55.0 Å². The zero-order valence-corrected chi connectivity index (χ0v) is 11.8. The van der Waals surface area contributed by atoms with Gasteiger partial charge in [-0.1, -0.05) is 13.8 Å². The Hall–Kier alpha value is -1.16. The van der Waals surface area contributed by atoms with Crippen molar-refractivity contribution in [1.29, 1.82) is 0 Å². The fourth-order valence-corrected chi connectivity index (χ4v) is 2.95. The Morgan fingerprint density at radius 2 is 2.06 bits per heavy atom. The largest absolute Gasteiger partial charge is 0.384 e. The molecule has 2 N–H and O–H groups in total. The van der Waals surface area contributed by atoms with E-state index in [0.717, 1.165) is 36.4 Å². The summed E-state index contributed by atoms with van der Waals surface area (Å²) in [5.74, 6) is 2.90. The SMILES string of the molecule is Cc1cc(N)nc(CN2CC(C)CC(C)C2C)n1. The molecule has 0 saturated carbocycles. The second-order valence-electron chi connectivity index (χ2n) is 5.84. The van der Waals surface area contributed by atoms with Gasteiger partial charge in [0.2, 0.25) is 0 Å². The van der Waals surface area contributed by atoms with Crippen molar-refractivity contribution in [2.45, 2.75) is 46.7 Å². The van der Waals surface area contributed by atoms with E-state index < -0.39 is 0 Å². The number of piperidine rings is 1.